The van der Waals surface area contributed by atoms with Gasteiger partial charge in [0, 0.05) is 36.0 Å². The second kappa shape index (κ2) is 10.7. The first-order chi connectivity index (χ1) is 15.2. The SMILES string of the molecule is CC(C)NS(=O)(=O)Cc1ccccc1CNC(=O)CCc1nc(-c2ccc(Cl)cc2)no1. The number of benzene rings is 2. The van der Waals surface area contributed by atoms with Crippen molar-refractivity contribution in [2.24, 2.45) is 0 Å². The third kappa shape index (κ3) is 7.15. The fourth-order valence-electron chi connectivity index (χ4n) is 3.05. The van der Waals surface area contributed by atoms with Gasteiger partial charge in [-0.1, -0.05) is 41.0 Å². The van der Waals surface area contributed by atoms with Crippen molar-refractivity contribution in [3.63, 3.8) is 0 Å². The van der Waals surface area contributed by atoms with E-state index in [0.717, 1.165) is 11.1 Å². The lowest BCUT2D eigenvalue weighted by Crippen LogP contribution is -2.32. The predicted octanol–water partition coefficient (Wildman–Crippen LogP) is 3.47. The highest BCUT2D eigenvalue weighted by Gasteiger charge is 2.16. The molecule has 3 rings (SSSR count). The summed E-state index contributed by atoms with van der Waals surface area (Å²) in [4.78, 5) is 16.6. The molecule has 1 amide bonds. The highest BCUT2D eigenvalue weighted by Crippen LogP contribution is 2.19. The average Bonchev–Trinajstić information content (AvgIpc) is 3.20. The van der Waals surface area contributed by atoms with Gasteiger partial charge in [-0.2, -0.15) is 4.98 Å². The lowest BCUT2D eigenvalue weighted by atomic mass is 10.1. The van der Waals surface area contributed by atoms with E-state index in [0.29, 0.717) is 28.7 Å². The van der Waals surface area contributed by atoms with Gasteiger partial charge in [0.15, 0.2) is 0 Å². The van der Waals surface area contributed by atoms with Crippen LogP contribution in [0.5, 0.6) is 0 Å². The molecule has 0 unspecified atom stereocenters. The highest BCUT2D eigenvalue weighted by atomic mass is 35.5. The Bertz CT molecular complexity index is 1160. The Morgan fingerprint density at radius 2 is 1.78 bits per heavy atom. The van der Waals surface area contributed by atoms with E-state index in [9.17, 15) is 13.2 Å². The summed E-state index contributed by atoms with van der Waals surface area (Å²) in [5.74, 6) is 0.444. The molecule has 1 aromatic heterocycles. The summed E-state index contributed by atoms with van der Waals surface area (Å²) in [7, 11) is -3.46. The van der Waals surface area contributed by atoms with E-state index in [2.05, 4.69) is 20.2 Å². The standard InChI is InChI=1S/C22H25ClN4O4S/c1-15(2)27-32(29,30)14-18-6-4-3-5-17(18)13-24-20(28)11-12-21-25-22(26-31-21)16-7-9-19(23)10-8-16/h3-10,15,27H,11-14H2,1-2H3,(H,24,28). The summed E-state index contributed by atoms with van der Waals surface area (Å²) in [6.45, 7) is 3.77. The van der Waals surface area contributed by atoms with Gasteiger partial charge in [-0.15, -0.1) is 0 Å². The van der Waals surface area contributed by atoms with Crippen LogP contribution in [0.25, 0.3) is 11.4 Å². The van der Waals surface area contributed by atoms with Crippen molar-refractivity contribution in [1.29, 1.82) is 0 Å². The average molecular weight is 477 g/mol. The van der Waals surface area contributed by atoms with E-state index >= 15 is 0 Å². The number of hydrogen-bond donors (Lipinski definition) is 2. The summed E-state index contributed by atoms with van der Waals surface area (Å²) in [5.41, 5.74) is 2.16. The molecule has 32 heavy (non-hydrogen) atoms. The number of carbonyl (C=O) groups is 1. The van der Waals surface area contributed by atoms with Gasteiger partial charge >= 0.3 is 0 Å². The Hall–Kier alpha value is -2.75. The van der Waals surface area contributed by atoms with Gasteiger partial charge in [0.05, 0.1) is 5.75 Å². The number of hydrogen-bond acceptors (Lipinski definition) is 6. The molecule has 170 valence electrons. The molecule has 0 saturated carbocycles. The number of aromatic nitrogens is 2. The van der Waals surface area contributed by atoms with Crippen molar-refractivity contribution in [3.05, 3.63) is 70.6 Å². The maximum absolute atomic E-state index is 12.3. The molecule has 0 aliphatic heterocycles. The van der Waals surface area contributed by atoms with Gasteiger partial charge in [0.1, 0.15) is 0 Å². The van der Waals surface area contributed by atoms with Gasteiger partial charge in [0.25, 0.3) is 0 Å². The third-order valence-electron chi connectivity index (χ3n) is 4.49. The number of halogens is 1. The van der Waals surface area contributed by atoms with Crippen molar-refractivity contribution in [2.75, 3.05) is 0 Å². The lowest BCUT2D eigenvalue weighted by Gasteiger charge is -2.13. The van der Waals surface area contributed by atoms with Gasteiger partial charge in [-0.3, -0.25) is 4.79 Å². The Labute approximate surface area is 192 Å². The maximum Gasteiger partial charge on any atom is 0.227 e. The Morgan fingerprint density at radius 1 is 1.09 bits per heavy atom. The zero-order valence-electron chi connectivity index (χ0n) is 17.8. The Morgan fingerprint density at radius 3 is 2.47 bits per heavy atom. The Balaban J connectivity index is 1.53. The third-order valence-corrected chi connectivity index (χ3v) is 6.27. The van der Waals surface area contributed by atoms with Crippen molar-refractivity contribution in [1.82, 2.24) is 20.2 Å². The molecule has 8 nitrogen and oxygen atoms in total. The van der Waals surface area contributed by atoms with Crippen molar-refractivity contribution in [2.45, 2.75) is 45.0 Å². The van der Waals surface area contributed by atoms with E-state index in [4.69, 9.17) is 16.1 Å². The highest BCUT2D eigenvalue weighted by molar-refractivity contribution is 7.88. The fourth-order valence-corrected chi connectivity index (χ4v) is 4.67. The second-order valence-corrected chi connectivity index (χ2v) is 9.79. The lowest BCUT2D eigenvalue weighted by molar-refractivity contribution is -0.121. The molecular formula is C22H25ClN4O4S. The van der Waals surface area contributed by atoms with Crippen LogP contribution in [-0.4, -0.2) is 30.5 Å². The normalized spacial score (nSPS) is 11.6. The molecular weight excluding hydrogens is 452 g/mol. The molecule has 0 spiro atoms. The predicted molar refractivity (Wildman–Crippen MR) is 122 cm³/mol. The molecule has 0 radical (unpaired) electrons. The number of nitrogens with zero attached hydrogens (tertiary/aromatic N) is 2. The first-order valence-corrected chi connectivity index (χ1v) is 12.2. The number of sulfonamides is 1. The van der Waals surface area contributed by atoms with Crippen LogP contribution in [-0.2, 0) is 33.5 Å². The first-order valence-electron chi connectivity index (χ1n) is 10.1. The van der Waals surface area contributed by atoms with Crippen molar-refractivity contribution >= 4 is 27.5 Å². The number of rotatable bonds is 10. The molecule has 3 aromatic rings. The molecule has 1 heterocycles. The molecule has 2 N–H and O–H groups in total. The summed E-state index contributed by atoms with van der Waals surface area (Å²) in [6.07, 6.45) is 0.457. The molecule has 2 aromatic carbocycles. The van der Waals surface area contributed by atoms with Crippen LogP contribution in [0.1, 0.15) is 37.3 Å². The minimum Gasteiger partial charge on any atom is -0.352 e. The maximum atomic E-state index is 12.3. The van der Waals surface area contributed by atoms with E-state index in [1.807, 2.05) is 6.07 Å². The minimum atomic E-state index is -3.46. The van der Waals surface area contributed by atoms with Crippen LogP contribution in [0.3, 0.4) is 0 Å². The van der Waals surface area contributed by atoms with E-state index in [1.54, 1.807) is 56.3 Å². The molecule has 0 saturated heterocycles. The van der Waals surface area contributed by atoms with Gasteiger partial charge < -0.3 is 9.84 Å². The molecule has 0 fully saturated rings. The number of carbonyl (C=O) groups excluding carboxylic acids is 1. The topological polar surface area (TPSA) is 114 Å². The van der Waals surface area contributed by atoms with Crippen molar-refractivity contribution in [3.8, 4) is 11.4 Å². The van der Waals surface area contributed by atoms with Gasteiger partial charge in [0.2, 0.25) is 27.6 Å². The summed E-state index contributed by atoms with van der Waals surface area (Å²) in [5, 5.41) is 7.37. The minimum absolute atomic E-state index is 0.146. The van der Waals surface area contributed by atoms with Crippen LogP contribution < -0.4 is 10.0 Å². The van der Waals surface area contributed by atoms with E-state index in [-0.39, 0.29) is 30.7 Å². The largest absolute Gasteiger partial charge is 0.352 e. The quantitative estimate of drug-likeness (QED) is 0.463. The fraction of sp³-hybridized carbons (Fsp3) is 0.318. The second-order valence-electron chi connectivity index (χ2n) is 7.60. The van der Waals surface area contributed by atoms with Crippen LogP contribution in [0.2, 0.25) is 5.02 Å². The Kier molecular flexibility index (Phi) is 8.00. The summed E-state index contributed by atoms with van der Waals surface area (Å²) in [6, 6.07) is 14.0. The van der Waals surface area contributed by atoms with E-state index in [1.165, 1.54) is 0 Å². The van der Waals surface area contributed by atoms with E-state index < -0.39 is 10.0 Å². The monoisotopic (exact) mass is 476 g/mol. The molecule has 0 aliphatic rings. The zero-order valence-corrected chi connectivity index (χ0v) is 19.4. The molecule has 0 bridgehead atoms. The zero-order chi connectivity index (χ0) is 23.1. The van der Waals surface area contributed by atoms with Crippen LogP contribution in [0.4, 0.5) is 0 Å². The van der Waals surface area contributed by atoms with Crippen LogP contribution in [0.15, 0.2) is 53.1 Å². The number of aryl methyl sites for hydroxylation is 1. The molecule has 0 aliphatic carbocycles. The number of amides is 1. The van der Waals surface area contributed by atoms with Crippen molar-refractivity contribution < 1.29 is 17.7 Å². The first kappa shape index (κ1) is 23.9. The van der Waals surface area contributed by atoms with Gasteiger partial charge in [-0.25, -0.2) is 13.1 Å². The summed E-state index contributed by atoms with van der Waals surface area (Å²) < 4.78 is 32.3. The molecule has 0 atom stereocenters. The van der Waals surface area contributed by atoms with Gasteiger partial charge in [-0.05, 0) is 49.2 Å². The smallest absolute Gasteiger partial charge is 0.227 e. The van der Waals surface area contributed by atoms with Crippen LogP contribution in [0, 0.1) is 0 Å². The summed E-state index contributed by atoms with van der Waals surface area (Å²) >= 11 is 5.88. The molecule has 10 heteroatoms. The van der Waals surface area contributed by atoms with Crippen LogP contribution >= 0.6 is 11.6 Å². The number of nitrogens with one attached hydrogen (secondary N) is 2.